The molecule has 0 amide bonds. The second kappa shape index (κ2) is 7.43. The molecule has 1 aromatic carbocycles. The molecule has 1 N–H and O–H groups in total. The Morgan fingerprint density at radius 2 is 2.00 bits per heavy atom. The number of benzene rings is 1. The molecule has 0 aliphatic carbocycles. The zero-order valence-corrected chi connectivity index (χ0v) is 13.4. The SMILES string of the molecule is CCCNC(c1ccc(COC)o1)c1ccc(C)cc1C. The summed E-state index contributed by atoms with van der Waals surface area (Å²) in [5.41, 5.74) is 3.84. The fourth-order valence-electron chi connectivity index (χ4n) is 2.57. The summed E-state index contributed by atoms with van der Waals surface area (Å²) >= 11 is 0. The van der Waals surface area contributed by atoms with Crippen molar-refractivity contribution < 1.29 is 9.15 Å². The molecule has 0 saturated carbocycles. The van der Waals surface area contributed by atoms with Crippen LogP contribution in [0.4, 0.5) is 0 Å². The van der Waals surface area contributed by atoms with Crippen LogP contribution >= 0.6 is 0 Å². The second-order valence-corrected chi connectivity index (χ2v) is 5.48. The highest BCUT2D eigenvalue weighted by Gasteiger charge is 2.19. The van der Waals surface area contributed by atoms with Gasteiger partial charge in [0.1, 0.15) is 18.1 Å². The van der Waals surface area contributed by atoms with E-state index in [4.69, 9.17) is 9.15 Å². The summed E-state index contributed by atoms with van der Waals surface area (Å²) in [5.74, 6) is 1.81. The number of methoxy groups -OCH3 is 1. The maximum atomic E-state index is 5.94. The van der Waals surface area contributed by atoms with E-state index in [0.717, 1.165) is 24.5 Å². The van der Waals surface area contributed by atoms with Gasteiger partial charge in [0, 0.05) is 7.11 Å². The lowest BCUT2D eigenvalue weighted by atomic mass is 9.97. The maximum absolute atomic E-state index is 5.94. The highest BCUT2D eigenvalue weighted by molar-refractivity contribution is 5.36. The smallest absolute Gasteiger partial charge is 0.129 e. The van der Waals surface area contributed by atoms with E-state index in [1.807, 2.05) is 12.1 Å². The van der Waals surface area contributed by atoms with Crippen LogP contribution in [0.15, 0.2) is 34.7 Å². The second-order valence-electron chi connectivity index (χ2n) is 5.48. The molecule has 1 unspecified atom stereocenters. The number of ether oxygens (including phenoxy) is 1. The molecule has 114 valence electrons. The Morgan fingerprint density at radius 3 is 2.67 bits per heavy atom. The third-order valence-corrected chi connectivity index (χ3v) is 3.59. The Balaban J connectivity index is 2.32. The largest absolute Gasteiger partial charge is 0.462 e. The van der Waals surface area contributed by atoms with E-state index in [0.29, 0.717) is 6.61 Å². The first kappa shape index (κ1) is 15.8. The topological polar surface area (TPSA) is 34.4 Å². The number of furan rings is 1. The molecule has 0 bridgehead atoms. The molecule has 21 heavy (non-hydrogen) atoms. The highest BCUT2D eigenvalue weighted by Crippen LogP contribution is 2.27. The summed E-state index contributed by atoms with van der Waals surface area (Å²) < 4.78 is 11.1. The van der Waals surface area contributed by atoms with E-state index in [2.05, 4.69) is 44.3 Å². The average molecular weight is 287 g/mol. The van der Waals surface area contributed by atoms with Crippen molar-refractivity contribution in [1.29, 1.82) is 0 Å². The van der Waals surface area contributed by atoms with Crippen molar-refractivity contribution in [3.05, 3.63) is 58.5 Å². The molecular formula is C18H25NO2. The van der Waals surface area contributed by atoms with E-state index in [1.54, 1.807) is 7.11 Å². The minimum Gasteiger partial charge on any atom is -0.462 e. The van der Waals surface area contributed by atoms with E-state index in [-0.39, 0.29) is 6.04 Å². The molecule has 1 aromatic heterocycles. The molecule has 2 rings (SSSR count). The van der Waals surface area contributed by atoms with Gasteiger partial charge in [-0.25, -0.2) is 0 Å². The van der Waals surface area contributed by atoms with Crippen LogP contribution in [0.2, 0.25) is 0 Å². The van der Waals surface area contributed by atoms with E-state index in [1.165, 1.54) is 16.7 Å². The number of hydrogen-bond donors (Lipinski definition) is 1. The van der Waals surface area contributed by atoms with Crippen molar-refractivity contribution in [2.24, 2.45) is 0 Å². The molecular weight excluding hydrogens is 262 g/mol. The Labute approximate surface area is 127 Å². The van der Waals surface area contributed by atoms with Gasteiger partial charge in [-0.15, -0.1) is 0 Å². The van der Waals surface area contributed by atoms with Crippen molar-refractivity contribution in [3.8, 4) is 0 Å². The van der Waals surface area contributed by atoms with Gasteiger partial charge >= 0.3 is 0 Å². The maximum Gasteiger partial charge on any atom is 0.129 e. The van der Waals surface area contributed by atoms with Gasteiger partial charge in [-0.1, -0.05) is 30.7 Å². The first-order valence-electron chi connectivity index (χ1n) is 7.53. The summed E-state index contributed by atoms with van der Waals surface area (Å²) in [4.78, 5) is 0. The van der Waals surface area contributed by atoms with Crippen LogP contribution in [0, 0.1) is 13.8 Å². The zero-order chi connectivity index (χ0) is 15.2. The van der Waals surface area contributed by atoms with Crippen molar-refractivity contribution in [2.45, 2.75) is 39.8 Å². The van der Waals surface area contributed by atoms with Gasteiger partial charge in [0.2, 0.25) is 0 Å². The zero-order valence-electron chi connectivity index (χ0n) is 13.4. The first-order valence-corrected chi connectivity index (χ1v) is 7.53. The Kier molecular flexibility index (Phi) is 5.59. The molecule has 0 saturated heterocycles. The minimum atomic E-state index is 0.0937. The first-order chi connectivity index (χ1) is 10.2. The normalized spacial score (nSPS) is 12.6. The Morgan fingerprint density at radius 1 is 1.19 bits per heavy atom. The standard InChI is InChI=1S/C18H25NO2/c1-5-10-19-18(16-8-6-13(2)11-14(16)3)17-9-7-15(21-17)12-20-4/h6-9,11,18-19H,5,10,12H2,1-4H3. The molecule has 1 atom stereocenters. The fourth-order valence-corrected chi connectivity index (χ4v) is 2.57. The molecule has 0 aliphatic heterocycles. The van der Waals surface area contributed by atoms with Crippen molar-refractivity contribution >= 4 is 0 Å². The quantitative estimate of drug-likeness (QED) is 0.831. The van der Waals surface area contributed by atoms with Crippen LogP contribution in [0.25, 0.3) is 0 Å². The molecule has 0 aliphatic rings. The molecule has 0 spiro atoms. The number of rotatable bonds is 7. The summed E-state index contributed by atoms with van der Waals surface area (Å²) in [6.45, 7) is 7.91. The third kappa shape index (κ3) is 3.96. The molecule has 0 fully saturated rings. The lowest BCUT2D eigenvalue weighted by molar-refractivity contribution is 0.162. The third-order valence-electron chi connectivity index (χ3n) is 3.59. The Hall–Kier alpha value is -1.58. The summed E-state index contributed by atoms with van der Waals surface area (Å²) in [6.07, 6.45) is 1.09. The predicted molar refractivity (Wildman–Crippen MR) is 85.5 cm³/mol. The van der Waals surface area contributed by atoms with E-state index >= 15 is 0 Å². The molecule has 3 heteroatoms. The summed E-state index contributed by atoms with van der Waals surface area (Å²) in [7, 11) is 1.68. The van der Waals surface area contributed by atoms with Crippen molar-refractivity contribution in [1.82, 2.24) is 5.32 Å². The molecule has 0 radical (unpaired) electrons. The number of hydrogen-bond acceptors (Lipinski definition) is 3. The summed E-state index contributed by atoms with van der Waals surface area (Å²) in [5, 5.41) is 3.58. The molecule has 2 aromatic rings. The van der Waals surface area contributed by atoms with Gasteiger partial charge < -0.3 is 14.5 Å². The van der Waals surface area contributed by atoms with Crippen LogP contribution < -0.4 is 5.32 Å². The van der Waals surface area contributed by atoms with Gasteiger partial charge in [-0.05, 0) is 50.1 Å². The van der Waals surface area contributed by atoms with Crippen LogP contribution in [0.1, 0.15) is 47.6 Å². The monoisotopic (exact) mass is 287 g/mol. The number of nitrogens with one attached hydrogen (secondary N) is 1. The van der Waals surface area contributed by atoms with Gasteiger partial charge in [-0.3, -0.25) is 0 Å². The van der Waals surface area contributed by atoms with E-state index in [9.17, 15) is 0 Å². The lowest BCUT2D eigenvalue weighted by Gasteiger charge is -2.19. The number of aryl methyl sites for hydroxylation is 2. The van der Waals surface area contributed by atoms with Gasteiger partial charge in [0.15, 0.2) is 0 Å². The Bertz CT molecular complexity index is 574. The average Bonchev–Trinajstić information content (AvgIpc) is 2.90. The lowest BCUT2D eigenvalue weighted by Crippen LogP contribution is -2.23. The van der Waals surface area contributed by atoms with Gasteiger partial charge in [-0.2, -0.15) is 0 Å². The van der Waals surface area contributed by atoms with Gasteiger partial charge in [0.05, 0.1) is 6.04 Å². The molecule has 1 heterocycles. The summed E-state index contributed by atoms with van der Waals surface area (Å²) in [6, 6.07) is 10.7. The van der Waals surface area contributed by atoms with Gasteiger partial charge in [0.25, 0.3) is 0 Å². The van der Waals surface area contributed by atoms with Crippen molar-refractivity contribution in [3.63, 3.8) is 0 Å². The molecule has 3 nitrogen and oxygen atoms in total. The van der Waals surface area contributed by atoms with E-state index < -0.39 is 0 Å². The minimum absolute atomic E-state index is 0.0937. The van der Waals surface area contributed by atoms with Crippen LogP contribution in [-0.4, -0.2) is 13.7 Å². The van der Waals surface area contributed by atoms with Crippen LogP contribution in [-0.2, 0) is 11.3 Å². The van der Waals surface area contributed by atoms with Crippen LogP contribution in [0.3, 0.4) is 0 Å². The van der Waals surface area contributed by atoms with Crippen LogP contribution in [0.5, 0.6) is 0 Å². The van der Waals surface area contributed by atoms with Crippen molar-refractivity contribution in [2.75, 3.05) is 13.7 Å². The predicted octanol–water partition coefficient (Wildman–Crippen LogP) is 4.13. The highest BCUT2D eigenvalue weighted by atomic mass is 16.5. The fraction of sp³-hybridized carbons (Fsp3) is 0.444.